The van der Waals surface area contributed by atoms with Crippen LogP contribution in [0.15, 0.2) is 33.7 Å². The molecular weight excluding hydrogens is 310 g/mol. The molecule has 0 aromatic carbocycles. The fourth-order valence-corrected chi connectivity index (χ4v) is 2.78. The Morgan fingerprint density at radius 3 is 2.71 bits per heavy atom. The van der Waals surface area contributed by atoms with Crippen molar-refractivity contribution in [1.29, 1.82) is 0 Å². The van der Waals surface area contributed by atoms with Gasteiger partial charge in [0.15, 0.2) is 0 Å². The van der Waals surface area contributed by atoms with Gasteiger partial charge in [-0.2, -0.15) is 0 Å². The Morgan fingerprint density at radius 1 is 1.29 bits per heavy atom. The molecule has 1 fully saturated rings. The summed E-state index contributed by atoms with van der Waals surface area (Å²) in [5.41, 5.74) is 1.58. The van der Waals surface area contributed by atoms with Gasteiger partial charge >= 0.3 is 11.6 Å². The first-order chi connectivity index (χ1) is 11.5. The summed E-state index contributed by atoms with van der Waals surface area (Å²) in [5.74, 6) is -0.173. The van der Waals surface area contributed by atoms with E-state index in [1.807, 2.05) is 19.9 Å². The maximum absolute atomic E-state index is 12.5. The standard InChI is InChI=1S/C17H19N3O4/c1-11-8-12(2)19-17(18-11)24-14-4-3-7-20(9-14)16(22)13-5-6-15(21)23-10-13/h5-6,8,10,14H,3-4,7,9H2,1-2H3. The fourth-order valence-electron chi connectivity index (χ4n) is 2.78. The number of amides is 1. The van der Waals surface area contributed by atoms with Gasteiger partial charge in [-0.05, 0) is 38.8 Å². The van der Waals surface area contributed by atoms with Crippen LogP contribution in [-0.4, -0.2) is 40.0 Å². The third-order valence-corrected chi connectivity index (χ3v) is 3.85. The molecule has 0 spiro atoms. The number of ether oxygens (including phenoxy) is 1. The number of aryl methyl sites for hydroxylation is 2. The van der Waals surface area contributed by atoms with Crippen LogP contribution < -0.4 is 10.4 Å². The lowest BCUT2D eigenvalue weighted by Crippen LogP contribution is -2.44. The van der Waals surface area contributed by atoms with Crippen LogP contribution in [0.3, 0.4) is 0 Å². The van der Waals surface area contributed by atoms with E-state index in [-0.39, 0.29) is 12.0 Å². The third-order valence-electron chi connectivity index (χ3n) is 3.85. The average molecular weight is 329 g/mol. The number of hydrogen-bond acceptors (Lipinski definition) is 6. The molecule has 7 heteroatoms. The zero-order chi connectivity index (χ0) is 17.1. The second kappa shape index (κ2) is 6.82. The molecule has 0 saturated carbocycles. The van der Waals surface area contributed by atoms with Gasteiger partial charge in [-0.3, -0.25) is 4.79 Å². The highest BCUT2D eigenvalue weighted by atomic mass is 16.5. The highest BCUT2D eigenvalue weighted by Crippen LogP contribution is 2.18. The molecule has 2 aromatic rings. The van der Waals surface area contributed by atoms with Gasteiger partial charge in [0, 0.05) is 24.0 Å². The Bertz CT molecular complexity index is 762. The summed E-state index contributed by atoms with van der Waals surface area (Å²) in [4.78, 5) is 33.8. The summed E-state index contributed by atoms with van der Waals surface area (Å²) in [7, 11) is 0. The van der Waals surface area contributed by atoms with Crippen molar-refractivity contribution in [2.24, 2.45) is 0 Å². The summed E-state index contributed by atoms with van der Waals surface area (Å²) in [6.45, 7) is 4.88. The van der Waals surface area contributed by atoms with Crippen LogP contribution in [0.5, 0.6) is 6.01 Å². The minimum absolute atomic E-state index is 0.153. The molecule has 3 heterocycles. The molecule has 1 amide bonds. The minimum atomic E-state index is -0.474. The molecule has 24 heavy (non-hydrogen) atoms. The number of hydrogen-bond donors (Lipinski definition) is 0. The van der Waals surface area contributed by atoms with Crippen LogP contribution in [0.2, 0.25) is 0 Å². The summed E-state index contributed by atoms with van der Waals surface area (Å²) in [6.07, 6.45) is 2.71. The van der Waals surface area contributed by atoms with E-state index < -0.39 is 5.63 Å². The van der Waals surface area contributed by atoms with Crippen LogP contribution in [0.4, 0.5) is 0 Å². The SMILES string of the molecule is Cc1cc(C)nc(OC2CCCN(C(=O)c3ccc(=O)oc3)C2)n1. The van der Waals surface area contributed by atoms with Gasteiger partial charge in [0.2, 0.25) is 0 Å². The highest BCUT2D eigenvalue weighted by molar-refractivity contribution is 5.93. The lowest BCUT2D eigenvalue weighted by molar-refractivity contribution is 0.0512. The van der Waals surface area contributed by atoms with Crippen LogP contribution in [-0.2, 0) is 0 Å². The van der Waals surface area contributed by atoms with Crippen molar-refractivity contribution < 1.29 is 13.9 Å². The lowest BCUT2D eigenvalue weighted by atomic mass is 10.1. The van der Waals surface area contributed by atoms with Crippen molar-refractivity contribution in [3.05, 3.63) is 51.8 Å². The van der Waals surface area contributed by atoms with Crippen molar-refractivity contribution in [2.75, 3.05) is 13.1 Å². The smallest absolute Gasteiger partial charge is 0.335 e. The Hall–Kier alpha value is -2.70. The van der Waals surface area contributed by atoms with Crippen molar-refractivity contribution >= 4 is 5.91 Å². The second-order valence-corrected chi connectivity index (χ2v) is 5.91. The molecule has 0 bridgehead atoms. The zero-order valence-corrected chi connectivity index (χ0v) is 13.7. The van der Waals surface area contributed by atoms with Crippen molar-refractivity contribution in [2.45, 2.75) is 32.8 Å². The monoisotopic (exact) mass is 329 g/mol. The first kappa shape index (κ1) is 16.2. The number of nitrogens with zero attached hydrogens (tertiary/aromatic N) is 3. The van der Waals surface area contributed by atoms with E-state index in [9.17, 15) is 9.59 Å². The molecule has 3 rings (SSSR count). The van der Waals surface area contributed by atoms with Crippen molar-refractivity contribution in [1.82, 2.24) is 14.9 Å². The Kier molecular flexibility index (Phi) is 4.59. The summed E-state index contributed by atoms with van der Waals surface area (Å²) < 4.78 is 10.6. The van der Waals surface area contributed by atoms with E-state index in [0.717, 1.165) is 24.2 Å². The molecule has 1 unspecified atom stereocenters. The summed E-state index contributed by atoms with van der Waals surface area (Å²) in [5, 5.41) is 0. The number of piperidine rings is 1. The van der Waals surface area contributed by atoms with Gasteiger partial charge in [0.25, 0.3) is 5.91 Å². The first-order valence-electron chi connectivity index (χ1n) is 7.88. The Balaban J connectivity index is 1.68. The van der Waals surface area contributed by atoms with Gasteiger partial charge in [0.05, 0.1) is 12.1 Å². The van der Waals surface area contributed by atoms with E-state index >= 15 is 0 Å². The molecule has 126 valence electrons. The maximum Gasteiger partial charge on any atom is 0.335 e. The Labute approximate surface area is 139 Å². The van der Waals surface area contributed by atoms with E-state index in [0.29, 0.717) is 24.7 Å². The number of rotatable bonds is 3. The van der Waals surface area contributed by atoms with Gasteiger partial charge in [-0.15, -0.1) is 0 Å². The van der Waals surface area contributed by atoms with Crippen molar-refractivity contribution in [3.8, 4) is 6.01 Å². The van der Waals surface area contributed by atoms with Gasteiger partial charge in [0.1, 0.15) is 12.4 Å². The number of likely N-dealkylation sites (tertiary alicyclic amines) is 1. The fraction of sp³-hybridized carbons (Fsp3) is 0.412. The van der Waals surface area contributed by atoms with Crippen LogP contribution in [0, 0.1) is 13.8 Å². The molecule has 2 aromatic heterocycles. The molecule has 0 N–H and O–H groups in total. The maximum atomic E-state index is 12.5. The van der Waals surface area contributed by atoms with Gasteiger partial charge in [-0.1, -0.05) is 0 Å². The van der Waals surface area contributed by atoms with Gasteiger partial charge < -0.3 is 14.1 Å². The quantitative estimate of drug-likeness (QED) is 0.852. The lowest BCUT2D eigenvalue weighted by Gasteiger charge is -2.32. The molecule has 7 nitrogen and oxygen atoms in total. The number of carbonyl (C=O) groups excluding carboxylic acids is 1. The first-order valence-corrected chi connectivity index (χ1v) is 7.88. The summed E-state index contributed by atoms with van der Waals surface area (Å²) >= 11 is 0. The van der Waals surface area contributed by atoms with Crippen LogP contribution >= 0.6 is 0 Å². The van der Waals surface area contributed by atoms with Crippen molar-refractivity contribution in [3.63, 3.8) is 0 Å². The average Bonchev–Trinajstić information content (AvgIpc) is 2.54. The molecule has 0 radical (unpaired) electrons. The van der Waals surface area contributed by atoms with E-state index in [4.69, 9.17) is 9.15 Å². The van der Waals surface area contributed by atoms with E-state index in [1.165, 1.54) is 18.4 Å². The largest absolute Gasteiger partial charge is 0.458 e. The minimum Gasteiger partial charge on any atom is -0.458 e. The third kappa shape index (κ3) is 3.79. The molecule has 1 aliphatic heterocycles. The number of aromatic nitrogens is 2. The molecule has 1 atom stereocenters. The van der Waals surface area contributed by atoms with E-state index in [1.54, 1.807) is 4.90 Å². The topological polar surface area (TPSA) is 85.5 Å². The number of carbonyl (C=O) groups is 1. The Morgan fingerprint density at radius 2 is 2.04 bits per heavy atom. The van der Waals surface area contributed by atoms with Crippen LogP contribution in [0.1, 0.15) is 34.6 Å². The second-order valence-electron chi connectivity index (χ2n) is 5.91. The molecule has 1 aliphatic rings. The van der Waals surface area contributed by atoms with Crippen LogP contribution in [0.25, 0.3) is 0 Å². The normalized spacial score (nSPS) is 17.6. The predicted molar refractivity (Wildman–Crippen MR) is 86.0 cm³/mol. The summed E-state index contributed by atoms with van der Waals surface area (Å²) in [6, 6.07) is 4.95. The zero-order valence-electron chi connectivity index (χ0n) is 13.7. The predicted octanol–water partition coefficient (Wildman–Crippen LogP) is 1.73. The highest BCUT2D eigenvalue weighted by Gasteiger charge is 2.26. The van der Waals surface area contributed by atoms with Gasteiger partial charge in [-0.25, -0.2) is 14.8 Å². The molecular formula is C17H19N3O4. The molecule has 1 saturated heterocycles. The van der Waals surface area contributed by atoms with E-state index in [2.05, 4.69) is 9.97 Å². The molecule has 0 aliphatic carbocycles.